The standard InChI is InChI=1S/C10H8F3NO2/c11-10(12,13)7-3-8(5-1-2-5)14-4-6(7)9(15)16/h3-5H,1-2H2,(H,15,16). The van der Waals surface area contributed by atoms with Crippen LogP contribution in [-0.4, -0.2) is 16.1 Å². The largest absolute Gasteiger partial charge is 0.478 e. The van der Waals surface area contributed by atoms with E-state index in [0.29, 0.717) is 5.69 Å². The molecule has 1 aliphatic rings. The lowest BCUT2D eigenvalue weighted by Crippen LogP contribution is -2.14. The molecule has 0 aliphatic heterocycles. The van der Waals surface area contributed by atoms with Crippen LogP contribution in [0.1, 0.15) is 40.4 Å². The van der Waals surface area contributed by atoms with Crippen LogP contribution in [0, 0.1) is 0 Å². The molecule has 16 heavy (non-hydrogen) atoms. The fourth-order valence-electron chi connectivity index (χ4n) is 1.48. The van der Waals surface area contributed by atoms with E-state index in [0.717, 1.165) is 25.1 Å². The number of hydrogen-bond acceptors (Lipinski definition) is 2. The van der Waals surface area contributed by atoms with Gasteiger partial charge in [0.25, 0.3) is 0 Å². The third-order valence-corrected chi connectivity index (χ3v) is 2.46. The third-order valence-electron chi connectivity index (χ3n) is 2.46. The zero-order valence-electron chi connectivity index (χ0n) is 8.08. The Bertz CT molecular complexity index is 438. The Morgan fingerprint density at radius 3 is 2.50 bits per heavy atom. The second-order valence-corrected chi connectivity index (χ2v) is 3.73. The average Bonchev–Trinajstić information content (AvgIpc) is 2.98. The van der Waals surface area contributed by atoms with Crippen molar-refractivity contribution in [1.82, 2.24) is 4.98 Å². The van der Waals surface area contributed by atoms with Crippen molar-refractivity contribution in [2.24, 2.45) is 0 Å². The van der Waals surface area contributed by atoms with Crippen LogP contribution < -0.4 is 0 Å². The number of aromatic nitrogens is 1. The highest BCUT2D eigenvalue weighted by Crippen LogP contribution is 2.41. The van der Waals surface area contributed by atoms with E-state index in [2.05, 4.69) is 4.98 Å². The summed E-state index contributed by atoms with van der Waals surface area (Å²) in [6.45, 7) is 0. The van der Waals surface area contributed by atoms with Gasteiger partial charge in [0.15, 0.2) is 0 Å². The lowest BCUT2D eigenvalue weighted by molar-refractivity contribution is -0.138. The molecule has 3 nitrogen and oxygen atoms in total. The summed E-state index contributed by atoms with van der Waals surface area (Å²) in [4.78, 5) is 14.4. The van der Waals surface area contributed by atoms with Gasteiger partial charge in [-0.25, -0.2) is 4.79 Å². The van der Waals surface area contributed by atoms with E-state index >= 15 is 0 Å². The van der Waals surface area contributed by atoms with E-state index in [1.165, 1.54) is 0 Å². The van der Waals surface area contributed by atoms with Gasteiger partial charge in [-0.1, -0.05) is 0 Å². The van der Waals surface area contributed by atoms with Crippen molar-refractivity contribution in [3.8, 4) is 0 Å². The molecule has 1 N–H and O–H groups in total. The Morgan fingerprint density at radius 1 is 1.44 bits per heavy atom. The van der Waals surface area contributed by atoms with E-state index in [1.807, 2.05) is 0 Å². The SMILES string of the molecule is O=C(O)c1cnc(C2CC2)cc1C(F)(F)F. The molecule has 1 aromatic rings. The second-order valence-electron chi connectivity index (χ2n) is 3.73. The van der Waals surface area contributed by atoms with Gasteiger partial charge in [0.2, 0.25) is 0 Å². The van der Waals surface area contributed by atoms with Gasteiger partial charge in [-0.2, -0.15) is 13.2 Å². The highest BCUT2D eigenvalue weighted by molar-refractivity contribution is 5.89. The van der Waals surface area contributed by atoms with Gasteiger partial charge in [-0.15, -0.1) is 0 Å². The van der Waals surface area contributed by atoms with Crippen LogP contribution in [0.5, 0.6) is 0 Å². The zero-order chi connectivity index (χ0) is 11.9. The fourth-order valence-corrected chi connectivity index (χ4v) is 1.48. The first-order valence-corrected chi connectivity index (χ1v) is 4.70. The van der Waals surface area contributed by atoms with Gasteiger partial charge in [0.05, 0.1) is 11.1 Å². The maximum Gasteiger partial charge on any atom is 0.417 e. The summed E-state index contributed by atoms with van der Waals surface area (Å²) < 4.78 is 37.7. The molecular formula is C10H8F3NO2. The highest BCUT2D eigenvalue weighted by atomic mass is 19.4. The summed E-state index contributed by atoms with van der Waals surface area (Å²) in [5.41, 5.74) is -1.58. The molecule has 1 aliphatic carbocycles. The predicted octanol–water partition coefficient (Wildman–Crippen LogP) is 2.68. The molecule has 0 radical (unpaired) electrons. The number of nitrogens with zero attached hydrogens (tertiary/aromatic N) is 1. The van der Waals surface area contributed by atoms with Crippen LogP contribution in [-0.2, 0) is 6.18 Å². The van der Waals surface area contributed by atoms with Crippen molar-refractivity contribution in [3.63, 3.8) is 0 Å². The molecule has 0 aromatic carbocycles. The summed E-state index contributed by atoms with van der Waals surface area (Å²) in [5, 5.41) is 8.63. The lowest BCUT2D eigenvalue weighted by Gasteiger charge is -2.11. The number of alkyl halides is 3. The van der Waals surface area contributed by atoms with Gasteiger partial charge in [0, 0.05) is 17.8 Å². The average molecular weight is 231 g/mol. The van der Waals surface area contributed by atoms with E-state index in [9.17, 15) is 18.0 Å². The van der Waals surface area contributed by atoms with Gasteiger partial charge >= 0.3 is 12.1 Å². The minimum atomic E-state index is -4.65. The molecule has 1 aromatic heterocycles. The smallest absolute Gasteiger partial charge is 0.417 e. The highest BCUT2D eigenvalue weighted by Gasteiger charge is 2.37. The molecule has 0 saturated heterocycles. The van der Waals surface area contributed by atoms with Crippen LogP contribution in [0.2, 0.25) is 0 Å². The van der Waals surface area contributed by atoms with E-state index < -0.39 is 23.3 Å². The van der Waals surface area contributed by atoms with E-state index in [-0.39, 0.29) is 5.92 Å². The molecule has 0 unspecified atom stereocenters. The molecule has 0 spiro atoms. The molecule has 0 atom stereocenters. The summed E-state index contributed by atoms with van der Waals surface area (Å²) in [6.07, 6.45) is -2.23. The van der Waals surface area contributed by atoms with Crippen LogP contribution in [0.4, 0.5) is 13.2 Å². The number of hydrogen-bond donors (Lipinski definition) is 1. The molecule has 1 saturated carbocycles. The first kappa shape index (κ1) is 10.9. The minimum absolute atomic E-state index is 0.0592. The first-order chi connectivity index (χ1) is 7.39. The maximum atomic E-state index is 12.6. The number of carboxylic acid groups (broad SMARTS) is 1. The summed E-state index contributed by atoms with van der Waals surface area (Å²) >= 11 is 0. The third kappa shape index (κ3) is 2.00. The van der Waals surface area contributed by atoms with Crippen molar-refractivity contribution in [2.75, 3.05) is 0 Å². The van der Waals surface area contributed by atoms with Crippen LogP contribution >= 0.6 is 0 Å². The van der Waals surface area contributed by atoms with Crippen LogP contribution in [0.3, 0.4) is 0 Å². The normalized spacial score (nSPS) is 16.2. The number of pyridine rings is 1. The molecular weight excluding hydrogens is 223 g/mol. The molecule has 0 bridgehead atoms. The Morgan fingerprint density at radius 2 is 2.06 bits per heavy atom. The first-order valence-electron chi connectivity index (χ1n) is 4.70. The Labute approximate surface area is 88.9 Å². The summed E-state index contributed by atoms with van der Waals surface area (Å²) in [6, 6.07) is 0.848. The van der Waals surface area contributed by atoms with Crippen molar-refractivity contribution >= 4 is 5.97 Å². The maximum absolute atomic E-state index is 12.6. The molecule has 1 heterocycles. The van der Waals surface area contributed by atoms with Gasteiger partial charge in [0.1, 0.15) is 0 Å². The Balaban J connectivity index is 2.50. The van der Waals surface area contributed by atoms with Crippen LogP contribution in [0.15, 0.2) is 12.3 Å². The molecule has 0 amide bonds. The molecule has 2 rings (SSSR count). The van der Waals surface area contributed by atoms with Crippen molar-refractivity contribution < 1.29 is 23.1 Å². The number of carboxylic acids is 1. The predicted molar refractivity (Wildman–Crippen MR) is 48.2 cm³/mol. The number of carbonyl (C=O) groups is 1. The van der Waals surface area contributed by atoms with Gasteiger partial charge < -0.3 is 5.11 Å². The molecule has 1 fully saturated rings. The molecule has 86 valence electrons. The number of rotatable bonds is 2. The monoisotopic (exact) mass is 231 g/mol. The summed E-state index contributed by atoms with van der Waals surface area (Å²) in [7, 11) is 0. The van der Waals surface area contributed by atoms with Crippen molar-refractivity contribution in [1.29, 1.82) is 0 Å². The Hall–Kier alpha value is -1.59. The fraction of sp³-hybridized carbons (Fsp3) is 0.400. The van der Waals surface area contributed by atoms with E-state index in [4.69, 9.17) is 5.11 Å². The number of aromatic carboxylic acids is 1. The number of halogens is 3. The van der Waals surface area contributed by atoms with Gasteiger partial charge in [-0.3, -0.25) is 4.98 Å². The lowest BCUT2D eigenvalue weighted by atomic mass is 10.1. The summed E-state index contributed by atoms with van der Waals surface area (Å²) in [5.74, 6) is -1.55. The minimum Gasteiger partial charge on any atom is -0.478 e. The zero-order valence-corrected chi connectivity index (χ0v) is 8.08. The quantitative estimate of drug-likeness (QED) is 0.851. The van der Waals surface area contributed by atoms with E-state index in [1.54, 1.807) is 0 Å². The van der Waals surface area contributed by atoms with Crippen LogP contribution in [0.25, 0.3) is 0 Å². The molecule has 6 heteroatoms. The van der Waals surface area contributed by atoms with Crippen molar-refractivity contribution in [3.05, 3.63) is 29.1 Å². The second kappa shape index (κ2) is 3.47. The topological polar surface area (TPSA) is 50.2 Å². The Kier molecular flexibility index (Phi) is 2.36. The van der Waals surface area contributed by atoms with Crippen molar-refractivity contribution in [2.45, 2.75) is 24.9 Å². The van der Waals surface area contributed by atoms with Gasteiger partial charge in [-0.05, 0) is 18.9 Å².